The minimum Gasteiger partial charge on any atom is -0.369 e. The molecule has 0 spiro atoms. The molecule has 3 aliphatic rings. The van der Waals surface area contributed by atoms with Gasteiger partial charge in [-0.05, 0) is 49.6 Å². The smallest absolute Gasteiger partial charge is 0.251 e. The van der Waals surface area contributed by atoms with E-state index in [4.69, 9.17) is 4.74 Å². The second kappa shape index (κ2) is 10.3. The summed E-state index contributed by atoms with van der Waals surface area (Å²) in [6.07, 6.45) is 1.09. The molecule has 1 N–H and O–H groups in total. The Morgan fingerprint density at radius 1 is 1.11 bits per heavy atom. The van der Waals surface area contributed by atoms with Gasteiger partial charge in [-0.25, -0.2) is 0 Å². The van der Waals surface area contributed by atoms with Gasteiger partial charge in [0.25, 0.3) is 5.91 Å². The van der Waals surface area contributed by atoms with Gasteiger partial charge in [0.1, 0.15) is 18.7 Å². The van der Waals surface area contributed by atoms with Crippen LogP contribution >= 0.6 is 0 Å². The third-order valence-corrected chi connectivity index (χ3v) is 7.52. The van der Waals surface area contributed by atoms with Crippen molar-refractivity contribution in [3.05, 3.63) is 29.8 Å². The molecule has 8 nitrogen and oxygen atoms in total. The molecular formula is C27H40N4O4. The first kappa shape index (κ1) is 25.6. The molecule has 3 fully saturated rings. The fourth-order valence-corrected chi connectivity index (χ4v) is 5.48. The number of likely N-dealkylation sites (tertiary alicyclic amines) is 1. The number of rotatable bonds is 6. The summed E-state index contributed by atoms with van der Waals surface area (Å²) in [6.45, 7) is 12.7. The third kappa shape index (κ3) is 5.70. The van der Waals surface area contributed by atoms with Crippen LogP contribution in [0.4, 0.5) is 5.69 Å². The average Bonchev–Trinajstić information content (AvgIpc) is 3.38. The van der Waals surface area contributed by atoms with Crippen LogP contribution in [0.1, 0.15) is 50.9 Å². The van der Waals surface area contributed by atoms with E-state index in [2.05, 4.69) is 49.9 Å². The van der Waals surface area contributed by atoms with Crippen molar-refractivity contribution in [2.24, 2.45) is 11.3 Å². The number of anilines is 1. The van der Waals surface area contributed by atoms with Crippen LogP contribution in [-0.4, -0.2) is 92.0 Å². The van der Waals surface area contributed by atoms with E-state index in [1.165, 1.54) is 0 Å². The van der Waals surface area contributed by atoms with Gasteiger partial charge in [-0.1, -0.05) is 27.7 Å². The van der Waals surface area contributed by atoms with Gasteiger partial charge in [-0.2, -0.15) is 0 Å². The number of nitrogens with one attached hydrogen (secondary N) is 1. The number of piperazine rings is 1. The number of Topliss-reactive ketones (excluding diaryl/α,β-unsaturated/α-hetero) is 1. The lowest BCUT2D eigenvalue weighted by Gasteiger charge is -2.34. The lowest BCUT2D eigenvalue weighted by Crippen LogP contribution is -2.53. The molecule has 8 heteroatoms. The number of hydrogen-bond donors (Lipinski definition) is 1. The van der Waals surface area contributed by atoms with Crippen molar-refractivity contribution in [1.29, 1.82) is 0 Å². The predicted molar refractivity (Wildman–Crippen MR) is 136 cm³/mol. The Kier molecular flexibility index (Phi) is 7.52. The Morgan fingerprint density at radius 2 is 1.77 bits per heavy atom. The zero-order valence-corrected chi connectivity index (χ0v) is 21.8. The van der Waals surface area contributed by atoms with Crippen LogP contribution in [0.2, 0.25) is 0 Å². The topological polar surface area (TPSA) is 82.2 Å². The van der Waals surface area contributed by atoms with Crippen LogP contribution in [0.5, 0.6) is 0 Å². The largest absolute Gasteiger partial charge is 0.369 e. The number of ether oxygens (including phenoxy) is 1. The van der Waals surface area contributed by atoms with Crippen molar-refractivity contribution in [3.8, 4) is 0 Å². The molecule has 192 valence electrons. The Bertz CT molecular complexity index is 933. The zero-order valence-electron chi connectivity index (χ0n) is 21.8. The van der Waals surface area contributed by atoms with E-state index in [0.717, 1.165) is 38.3 Å². The third-order valence-electron chi connectivity index (χ3n) is 7.52. The number of carbonyl (C=O) groups is 3. The van der Waals surface area contributed by atoms with E-state index in [1.54, 1.807) is 4.90 Å². The van der Waals surface area contributed by atoms with Crippen molar-refractivity contribution >= 4 is 23.3 Å². The van der Waals surface area contributed by atoms with Gasteiger partial charge in [0.2, 0.25) is 5.91 Å². The van der Waals surface area contributed by atoms with Crippen LogP contribution in [0.25, 0.3) is 0 Å². The minimum atomic E-state index is -0.704. The van der Waals surface area contributed by atoms with Gasteiger partial charge in [-0.3, -0.25) is 14.4 Å². The van der Waals surface area contributed by atoms with E-state index < -0.39 is 12.1 Å². The summed E-state index contributed by atoms with van der Waals surface area (Å²) < 4.78 is 5.73. The van der Waals surface area contributed by atoms with E-state index in [0.29, 0.717) is 18.5 Å². The molecule has 3 saturated heterocycles. The van der Waals surface area contributed by atoms with Crippen LogP contribution in [-0.2, 0) is 14.3 Å². The molecule has 1 aromatic carbocycles. The quantitative estimate of drug-likeness (QED) is 0.667. The SMILES string of the molecule is CC[C@H]1CN(C(=O)C(CC(C)(C)C)NC(=O)c2ccc(N3CCN(C)CC3)cc2)[C@@H]2C(=O)CO[C@H]12. The maximum atomic E-state index is 13.7. The predicted octanol–water partition coefficient (Wildman–Crippen LogP) is 2.18. The second-order valence-electron chi connectivity index (χ2n) is 11.5. The number of likely N-dealkylation sites (N-methyl/N-ethyl adjacent to an activating group) is 1. The van der Waals surface area contributed by atoms with E-state index in [-0.39, 0.29) is 41.6 Å². The molecule has 2 amide bonds. The maximum absolute atomic E-state index is 13.7. The molecule has 0 bridgehead atoms. The highest BCUT2D eigenvalue weighted by Gasteiger charge is 2.52. The number of nitrogens with zero attached hydrogens (tertiary/aromatic N) is 3. The fraction of sp³-hybridized carbons (Fsp3) is 0.667. The van der Waals surface area contributed by atoms with Crippen LogP contribution in [0.15, 0.2) is 24.3 Å². The number of hydrogen-bond acceptors (Lipinski definition) is 6. The molecule has 3 heterocycles. The number of benzene rings is 1. The van der Waals surface area contributed by atoms with Crippen LogP contribution < -0.4 is 10.2 Å². The van der Waals surface area contributed by atoms with Crippen molar-refractivity contribution in [2.75, 3.05) is 51.3 Å². The molecule has 0 saturated carbocycles. The molecule has 35 heavy (non-hydrogen) atoms. The summed E-state index contributed by atoms with van der Waals surface area (Å²) in [5.74, 6) is -0.357. The van der Waals surface area contributed by atoms with Gasteiger partial charge in [-0.15, -0.1) is 0 Å². The normalized spacial score (nSPS) is 26.1. The molecule has 3 aliphatic heterocycles. The zero-order chi connectivity index (χ0) is 25.3. The summed E-state index contributed by atoms with van der Waals surface area (Å²) in [4.78, 5) is 45.8. The molecule has 0 radical (unpaired) electrons. The van der Waals surface area contributed by atoms with E-state index >= 15 is 0 Å². The molecule has 0 aromatic heterocycles. The van der Waals surface area contributed by atoms with E-state index in [9.17, 15) is 14.4 Å². The Balaban J connectivity index is 1.48. The van der Waals surface area contributed by atoms with Crippen molar-refractivity contribution < 1.29 is 19.1 Å². The van der Waals surface area contributed by atoms with Crippen molar-refractivity contribution in [3.63, 3.8) is 0 Å². The lowest BCUT2D eigenvalue weighted by atomic mass is 9.87. The van der Waals surface area contributed by atoms with Gasteiger partial charge < -0.3 is 24.8 Å². The van der Waals surface area contributed by atoms with Gasteiger partial charge in [0.05, 0.1) is 6.10 Å². The first-order valence-electron chi connectivity index (χ1n) is 12.9. The Labute approximate surface area is 209 Å². The highest BCUT2D eigenvalue weighted by Crippen LogP contribution is 2.35. The van der Waals surface area contributed by atoms with Crippen molar-refractivity contribution in [1.82, 2.24) is 15.1 Å². The number of ketones is 1. The summed E-state index contributed by atoms with van der Waals surface area (Å²) in [6, 6.07) is 6.38. The molecule has 1 unspecified atom stereocenters. The number of amides is 2. The highest BCUT2D eigenvalue weighted by molar-refractivity contribution is 5.99. The Hall–Kier alpha value is -2.45. The summed E-state index contributed by atoms with van der Waals surface area (Å²) in [5, 5.41) is 3.00. The summed E-state index contributed by atoms with van der Waals surface area (Å²) in [5.41, 5.74) is 1.45. The average molecular weight is 485 g/mol. The summed E-state index contributed by atoms with van der Waals surface area (Å²) in [7, 11) is 2.13. The monoisotopic (exact) mass is 484 g/mol. The Morgan fingerprint density at radius 3 is 2.37 bits per heavy atom. The standard InChI is InChI=1S/C27H40N4O4/c1-6-18-16-31(23-22(32)17-35-24(18)23)26(34)21(15-27(2,3)4)28-25(33)19-7-9-20(10-8-19)30-13-11-29(5)12-14-30/h7-10,18,21,23-24H,6,11-17H2,1-5H3,(H,28,33)/t18-,21?,23+,24+/m0/s1. The van der Waals surface area contributed by atoms with Crippen molar-refractivity contribution in [2.45, 2.75) is 58.7 Å². The highest BCUT2D eigenvalue weighted by atomic mass is 16.5. The number of carbonyl (C=O) groups excluding carboxylic acids is 3. The molecule has 4 atom stereocenters. The van der Waals surface area contributed by atoms with Gasteiger partial charge in [0, 0.05) is 49.9 Å². The molecule has 0 aliphatic carbocycles. The molecular weight excluding hydrogens is 444 g/mol. The first-order chi connectivity index (χ1) is 16.6. The van der Waals surface area contributed by atoms with Gasteiger partial charge >= 0.3 is 0 Å². The lowest BCUT2D eigenvalue weighted by molar-refractivity contribution is -0.138. The van der Waals surface area contributed by atoms with E-state index in [1.807, 2.05) is 24.3 Å². The molecule has 4 rings (SSSR count). The van der Waals surface area contributed by atoms with Gasteiger partial charge in [0.15, 0.2) is 5.78 Å². The maximum Gasteiger partial charge on any atom is 0.251 e. The van der Waals surface area contributed by atoms with Crippen LogP contribution in [0, 0.1) is 11.3 Å². The molecule has 1 aromatic rings. The fourth-order valence-electron chi connectivity index (χ4n) is 5.48. The summed E-state index contributed by atoms with van der Waals surface area (Å²) >= 11 is 0. The number of fused-ring (bicyclic) bond motifs is 1. The minimum absolute atomic E-state index is 0.0420. The first-order valence-corrected chi connectivity index (χ1v) is 12.9. The van der Waals surface area contributed by atoms with Crippen LogP contribution in [0.3, 0.4) is 0 Å². The second-order valence-corrected chi connectivity index (χ2v) is 11.5.